The second-order valence-corrected chi connectivity index (χ2v) is 9.68. The van der Waals surface area contributed by atoms with Gasteiger partial charge in [0.1, 0.15) is 6.10 Å². The van der Waals surface area contributed by atoms with E-state index < -0.39 is 0 Å². The number of cyclic esters (lactones) is 1. The van der Waals surface area contributed by atoms with Gasteiger partial charge in [0, 0.05) is 28.3 Å². The van der Waals surface area contributed by atoms with Gasteiger partial charge in [0.25, 0.3) is 0 Å². The number of aliphatic hydroxyl groups excluding tert-OH is 1. The van der Waals surface area contributed by atoms with Crippen LogP contribution in [0.4, 0.5) is 0 Å². The molecule has 0 unspecified atom stereocenters. The molecule has 0 amide bonds. The van der Waals surface area contributed by atoms with Gasteiger partial charge in [-0.1, -0.05) is 48.4 Å². The SMILES string of the molecule is C[C@H]1OC(=O)[C@@H]2C[C@H]3[C@@H](CCC[C@@H]3O)[C@H](/C=C/c3ccc(-c4ccccc4Cl)cn3)[C@H]12. The zero-order valence-electron chi connectivity index (χ0n) is 17.7. The molecule has 4 nitrogen and oxygen atoms in total. The average Bonchev–Trinajstić information content (AvgIpc) is 3.06. The Morgan fingerprint density at radius 3 is 2.77 bits per heavy atom. The number of esters is 1. The molecule has 7 atom stereocenters. The number of rotatable bonds is 3. The van der Waals surface area contributed by atoms with Gasteiger partial charge in [-0.15, -0.1) is 0 Å². The first-order valence-corrected chi connectivity index (χ1v) is 11.7. The van der Waals surface area contributed by atoms with Crippen molar-refractivity contribution in [3.8, 4) is 11.1 Å². The fourth-order valence-corrected chi connectivity index (χ4v) is 6.42. The van der Waals surface area contributed by atoms with Gasteiger partial charge in [0.15, 0.2) is 0 Å². The van der Waals surface area contributed by atoms with Crippen LogP contribution in [-0.4, -0.2) is 28.3 Å². The number of carbonyl (C=O) groups is 1. The molecule has 3 fully saturated rings. The quantitative estimate of drug-likeness (QED) is 0.654. The van der Waals surface area contributed by atoms with E-state index >= 15 is 0 Å². The van der Waals surface area contributed by atoms with Gasteiger partial charge in [-0.3, -0.25) is 9.78 Å². The van der Waals surface area contributed by atoms with E-state index in [9.17, 15) is 9.90 Å². The molecule has 0 bridgehead atoms. The molecule has 2 heterocycles. The number of aromatic nitrogens is 1. The Bertz CT molecular complexity index is 988. The lowest BCUT2D eigenvalue weighted by Crippen LogP contribution is -2.47. The van der Waals surface area contributed by atoms with E-state index in [2.05, 4.69) is 17.1 Å². The van der Waals surface area contributed by atoms with E-state index in [1.807, 2.05) is 49.5 Å². The fraction of sp³-hybridized carbons (Fsp3) is 0.462. The van der Waals surface area contributed by atoms with E-state index in [-0.39, 0.29) is 41.8 Å². The van der Waals surface area contributed by atoms with Crippen LogP contribution in [0.1, 0.15) is 38.3 Å². The van der Waals surface area contributed by atoms with Crippen molar-refractivity contribution in [3.05, 3.63) is 59.4 Å². The van der Waals surface area contributed by atoms with E-state index in [1.54, 1.807) is 0 Å². The maximum absolute atomic E-state index is 12.5. The highest BCUT2D eigenvalue weighted by Crippen LogP contribution is 2.53. The molecular formula is C26H28ClNO3. The van der Waals surface area contributed by atoms with Crippen LogP contribution in [-0.2, 0) is 9.53 Å². The highest BCUT2D eigenvalue weighted by molar-refractivity contribution is 6.33. The highest BCUT2D eigenvalue weighted by atomic mass is 35.5. The number of ether oxygens (including phenoxy) is 1. The molecule has 5 heteroatoms. The van der Waals surface area contributed by atoms with Crippen LogP contribution < -0.4 is 0 Å². The van der Waals surface area contributed by atoms with Crippen molar-refractivity contribution in [2.75, 3.05) is 0 Å². The van der Waals surface area contributed by atoms with Gasteiger partial charge < -0.3 is 9.84 Å². The van der Waals surface area contributed by atoms with Crippen LogP contribution in [0, 0.1) is 29.6 Å². The molecule has 1 aromatic carbocycles. The number of nitrogens with zero attached hydrogens (tertiary/aromatic N) is 1. The predicted molar refractivity (Wildman–Crippen MR) is 121 cm³/mol. The van der Waals surface area contributed by atoms with Gasteiger partial charge >= 0.3 is 5.97 Å². The molecule has 31 heavy (non-hydrogen) atoms. The maximum atomic E-state index is 12.5. The minimum atomic E-state index is -0.313. The van der Waals surface area contributed by atoms with Crippen molar-refractivity contribution in [1.82, 2.24) is 4.98 Å². The van der Waals surface area contributed by atoms with Gasteiger partial charge in [-0.2, -0.15) is 0 Å². The number of benzene rings is 1. The minimum Gasteiger partial charge on any atom is -0.462 e. The van der Waals surface area contributed by atoms with Crippen LogP contribution in [0.5, 0.6) is 0 Å². The molecule has 0 spiro atoms. The van der Waals surface area contributed by atoms with Crippen molar-refractivity contribution < 1.29 is 14.6 Å². The lowest BCUT2D eigenvalue weighted by molar-refractivity contribution is -0.145. The summed E-state index contributed by atoms with van der Waals surface area (Å²) in [4.78, 5) is 17.1. The molecule has 1 saturated heterocycles. The third-order valence-corrected chi connectivity index (χ3v) is 7.95. The minimum absolute atomic E-state index is 0.0808. The van der Waals surface area contributed by atoms with E-state index in [0.29, 0.717) is 10.9 Å². The summed E-state index contributed by atoms with van der Waals surface area (Å²) < 4.78 is 5.63. The Labute approximate surface area is 188 Å². The topological polar surface area (TPSA) is 59.4 Å². The molecule has 1 N–H and O–H groups in total. The summed E-state index contributed by atoms with van der Waals surface area (Å²) in [6.07, 6.45) is 9.48. The maximum Gasteiger partial charge on any atom is 0.309 e. The first-order valence-electron chi connectivity index (χ1n) is 11.3. The lowest BCUT2D eigenvalue weighted by atomic mass is 9.56. The third-order valence-electron chi connectivity index (χ3n) is 7.62. The number of carbonyl (C=O) groups excluding carboxylic acids is 1. The van der Waals surface area contributed by atoms with Crippen molar-refractivity contribution in [2.24, 2.45) is 29.6 Å². The van der Waals surface area contributed by atoms with E-state index in [0.717, 1.165) is 42.5 Å². The van der Waals surface area contributed by atoms with Gasteiger partial charge in [-0.05, 0) is 62.1 Å². The molecule has 2 aromatic rings. The Hall–Kier alpha value is -2.17. The largest absolute Gasteiger partial charge is 0.462 e. The number of hydrogen-bond donors (Lipinski definition) is 1. The van der Waals surface area contributed by atoms with Crippen LogP contribution >= 0.6 is 11.6 Å². The van der Waals surface area contributed by atoms with E-state index in [4.69, 9.17) is 16.3 Å². The molecule has 0 radical (unpaired) electrons. The van der Waals surface area contributed by atoms with Crippen LogP contribution in [0.15, 0.2) is 48.7 Å². The van der Waals surface area contributed by atoms with Crippen LogP contribution in [0.2, 0.25) is 5.02 Å². The summed E-state index contributed by atoms with van der Waals surface area (Å²) in [6.45, 7) is 2.01. The third kappa shape index (κ3) is 3.81. The molecule has 1 aromatic heterocycles. The standard InChI is InChI=1S/C26H28ClNO3/c1-15-25-20(19-6-4-8-24(29)21(19)13-22(25)26(30)31-15)12-11-17-10-9-16(14-28-17)18-5-2-3-7-23(18)27/h2-3,5,7,9-12,14-15,19-22,24-25,29H,4,6,8,13H2,1H3/b12-11+/t15-,19+,20+,21+,22-,24+,25+/m1/s1. The first-order chi connectivity index (χ1) is 15.0. The number of fused-ring (bicyclic) bond motifs is 2. The summed E-state index contributed by atoms with van der Waals surface area (Å²) in [5, 5.41) is 11.4. The molecule has 2 saturated carbocycles. The number of aliphatic hydroxyl groups is 1. The molecule has 3 aliphatic rings. The molecule has 5 rings (SSSR count). The van der Waals surface area contributed by atoms with Crippen molar-refractivity contribution >= 4 is 23.6 Å². The summed E-state index contributed by atoms with van der Waals surface area (Å²) in [7, 11) is 0. The number of hydrogen-bond acceptors (Lipinski definition) is 4. The Morgan fingerprint density at radius 1 is 1.16 bits per heavy atom. The summed E-state index contributed by atoms with van der Waals surface area (Å²) in [6, 6.07) is 11.8. The van der Waals surface area contributed by atoms with Crippen molar-refractivity contribution in [3.63, 3.8) is 0 Å². The number of allylic oxidation sites excluding steroid dienone is 1. The van der Waals surface area contributed by atoms with Crippen LogP contribution in [0.3, 0.4) is 0 Å². The molecular weight excluding hydrogens is 410 g/mol. The predicted octanol–water partition coefficient (Wildman–Crippen LogP) is 5.39. The zero-order chi connectivity index (χ0) is 21.5. The first kappa shape index (κ1) is 20.7. The van der Waals surface area contributed by atoms with Gasteiger partial charge in [0.05, 0.1) is 17.7 Å². The molecule has 1 aliphatic heterocycles. The Kier molecular flexibility index (Phi) is 5.61. The number of pyridine rings is 1. The lowest BCUT2D eigenvalue weighted by Gasteiger charge is -2.47. The van der Waals surface area contributed by atoms with Crippen molar-refractivity contribution in [1.29, 1.82) is 0 Å². The molecule has 162 valence electrons. The summed E-state index contributed by atoms with van der Waals surface area (Å²) in [5.74, 6) is 0.769. The summed E-state index contributed by atoms with van der Waals surface area (Å²) in [5.41, 5.74) is 2.83. The van der Waals surface area contributed by atoms with Crippen molar-refractivity contribution in [2.45, 2.75) is 44.8 Å². The highest BCUT2D eigenvalue weighted by Gasteiger charge is 2.55. The van der Waals surface area contributed by atoms with Crippen LogP contribution in [0.25, 0.3) is 17.2 Å². The Balaban J connectivity index is 1.41. The summed E-state index contributed by atoms with van der Waals surface area (Å²) >= 11 is 6.31. The van der Waals surface area contributed by atoms with Gasteiger partial charge in [0.2, 0.25) is 0 Å². The second-order valence-electron chi connectivity index (χ2n) is 9.28. The average molecular weight is 438 g/mol. The zero-order valence-corrected chi connectivity index (χ0v) is 18.4. The number of halogens is 1. The fourth-order valence-electron chi connectivity index (χ4n) is 6.17. The normalized spacial score (nSPS) is 34.9. The monoisotopic (exact) mass is 437 g/mol. The van der Waals surface area contributed by atoms with E-state index in [1.165, 1.54) is 0 Å². The second kappa shape index (κ2) is 8.40. The smallest absolute Gasteiger partial charge is 0.309 e. The van der Waals surface area contributed by atoms with Gasteiger partial charge in [-0.25, -0.2) is 0 Å². The Morgan fingerprint density at radius 2 is 2.00 bits per heavy atom. The molecule has 2 aliphatic carbocycles.